The summed E-state index contributed by atoms with van der Waals surface area (Å²) in [7, 11) is 0. The maximum Gasteiger partial charge on any atom is 0.343 e. The number of carbonyl (C=O) groups excluding carboxylic acids is 1. The van der Waals surface area contributed by atoms with Crippen LogP contribution in [0.4, 0.5) is 0 Å². The summed E-state index contributed by atoms with van der Waals surface area (Å²) in [6.07, 6.45) is 2.31. The van der Waals surface area contributed by atoms with Crippen molar-refractivity contribution < 1.29 is 18.8 Å². The lowest BCUT2D eigenvalue weighted by molar-refractivity contribution is 0.0523. The maximum atomic E-state index is 12.1. The summed E-state index contributed by atoms with van der Waals surface area (Å²) in [5, 5.41) is 7.33. The fraction of sp³-hybridized carbons (Fsp3) is 0.471. The molecule has 0 spiro atoms. The average Bonchev–Trinajstić information content (AvgIpc) is 3.20. The van der Waals surface area contributed by atoms with Crippen LogP contribution in [0.25, 0.3) is 0 Å². The van der Waals surface area contributed by atoms with Crippen LogP contribution >= 0.6 is 0 Å². The van der Waals surface area contributed by atoms with Crippen molar-refractivity contribution in [1.29, 1.82) is 0 Å². The molecule has 134 valence electrons. The molecule has 0 radical (unpaired) electrons. The van der Waals surface area contributed by atoms with Crippen molar-refractivity contribution in [3.05, 3.63) is 51.3 Å². The van der Waals surface area contributed by atoms with E-state index in [4.69, 9.17) is 14.0 Å². The second kappa shape index (κ2) is 7.62. The first-order valence-electron chi connectivity index (χ1n) is 8.26. The number of nitrogens with one attached hydrogen (secondary N) is 2. The topological polar surface area (TPSA) is 106 Å². The monoisotopic (exact) mass is 347 g/mol. The lowest BCUT2D eigenvalue weighted by atomic mass is 10.0. The molecule has 0 bridgehead atoms. The van der Waals surface area contributed by atoms with Crippen molar-refractivity contribution in [3.63, 3.8) is 0 Å². The van der Waals surface area contributed by atoms with E-state index in [2.05, 4.69) is 15.5 Å². The molecule has 0 amide bonds. The number of rotatable bonds is 6. The number of carbonyl (C=O) groups is 1. The lowest BCUT2D eigenvalue weighted by Gasteiger charge is -2.19. The molecule has 2 aromatic heterocycles. The zero-order valence-electron chi connectivity index (χ0n) is 14.2. The normalized spacial score (nSPS) is 19.9. The summed E-state index contributed by atoms with van der Waals surface area (Å²) in [6, 6.07) is 3.28. The summed E-state index contributed by atoms with van der Waals surface area (Å²) in [5.74, 6) is 0.00742. The van der Waals surface area contributed by atoms with Gasteiger partial charge in [-0.05, 0) is 31.9 Å². The molecule has 0 aromatic carbocycles. The van der Waals surface area contributed by atoms with Crippen molar-refractivity contribution in [1.82, 2.24) is 15.5 Å². The predicted octanol–water partition coefficient (Wildman–Crippen LogP) is 1.47. The van der Waals surface area contributed by atoms with Gasteiger partial charge in [0, 0.05) is 31.5 Å². The van der Waals surface area contributed by atoms with Crippen LogP contribution in [0.2, 0.25) is 0 Å². The maximum absolute atomic E-state index is 12.1. The van der Waals surface area contributed by atoms with Gasteiger partial charge in [-0.15, -0.1) is 0 Å². The van der Waals surface area contributed by atoms with Gasteiger partial charge in [-0.3, -0.25) is 4.79 Å². The molecular formula is C17H21N3O5. The number of esters is 1. The number of aromatic amines is 1. The first-order chi connectivity index (χ1) is 12.1. The van der Waals surface area contributed by atoms with E-state index in [9.17, 15) is 9.59 Å². The molecule has 1 aliphatic heterocycles. The molecule has 0 aliphatic carbocycles. The zero-order chi connectivity index (χ0) is 17.8. The predicted molar refractivity (Wildman–Crippen MR) is 88.2 cm³/mol. The fourth-order valence-electron chi connectivity index (χ4n) is 2.96. The van der Waals surface area contributed by atoms with Gasteiger partial charge >= 0.3 is 5.97 Å². The van der Waals surface area contributed by atoms with Crippen LogP contribution in [-0.4, -0.2) is 35.4 Å². The van der Waals surface area contributed by atoms with E-state index < -0.39 is 5.97 Å². The minimum Gasteiger partial charge on any atom is -0.462 e. The van der Waals surface area contributed by atoms with Gasteiger partial charge in [0.25, 0.3) is 0 Å². The van der Waals surface area contributed by atoms with Gasteiger partial charge in [-0.2, -0.15) is 0 Å². The van der Waals surface area contributed by atoms with Crippen molar-refractivity contribution in [2.24, 2.45) is 0 Å². The summed E-state index contributed by atoms with van der Waals surface area (Å²) >= 11 is 0. The van der Waals surface area contributed by atoms with Crippen LogP contribution in [-0.2, 0) is 16.0 Å². The molecular weight excluding hydrogens is 326 g/mol. The Morgan fingerprint density at radius 1 is 1.48 bits per heavy atom. The molecule has 3 rings (SSSR count). The Hall–Kier alpha value is -2.45. The minimum atomic E-state index is -0.432. The number of nitrogens with zero attached hydrogens (tertiary/aromatic N) is 1. The Kier molecular flexibility index (Phi) is 5.30. The van der Waals surface area contributed by atoms with Crippen LogP contribution in [0.1, 0.15) is 46.8 Å². The molecule has 2 aromatic rings. The molecule has 25 heavy (non-hydrogen) atoms. The Balaban J connectivity index is 1.70. The highest BCUT2D eigenvalue weighted by molar-refractivity contribution is 5.91. The number of H-pyrrole nitrogens is 1. The SMILES string of the molecule is CCOC(=O)c1c(CN[C@@H]2CCO[C@H]2c2ccc(=O)[nH]c2)noc1C. The Bertz CT molecular complexity index is 777. The standard InChI is InChI=1S/C17H21N3O5/c1-3-23-17(22)15-10(2)25-20-13(15)9-18-12-6-7-24-16(12)11-4-5-14(21)19-8-11/h4-5,8,12,16,18H,3,6-7,9H2,1-2H3,(H,19,21)/t12-,16+/m1/s1. The van der Waals surface area contributed by atoms with Gasteiger partial charge in [-0.25, -0.2) is 4.79 Å². The third-order valence-corrected chi connectivity index (χ3v) is 4.17. The smallest absolute Gasteiger partial charge is 0.343 e. The van der Waals surface area contributed by atoms with Crippen LogP contribution in [0.15, 0.2) is 27.6 Å². The van der Waals surface area contributed by atoms with E-state index in [0.29, 0.717) is 36.8 Å². The summed E-state index contributed by atoms with van der Waals surface area (Å²) in [5.41, 5.74) is 1.64. The minimum absolute atomic E-state index is 0.0398. The number of hydrogen-bond donors (Lipinski definition) is 2. The first-order valence-corrected chi connectivity index (χ1v) is 8.26. The number of pyridine rings is 1. The van der Waals surface area contributed by atoms with E-state index >= 15 is 0 Å². The highest BCUT2D eigenvalue weighted by Gasteiger charge is 2.30. The number of aromatic nitrogens is 2. The second-order valence-corrected chi connectivity index (χ2v) is 5.83. The third kappa shape index (κ3) is 3.80. The second-order valence-electron chi connectivity index (χ2n) is 5.83. The number of hydrogen-bond acceptors (Lipinski definition) is 7. The van der Waals surface area contributed by atoms with E-state index in [1.807, 2.05) is 0 Å². The Morgan fingerprint density at radius 3 is 3.04 bits per heavy atom. The molecule has 0 saturated carbocycles. The average molecular weight is 347 g/mol. The first kappa shape index (κ1) is 17.4. The lowest BCUT2D eigenvalue weighted by Crippen LogP contribution is -2.32. The number of aryl methyl sites for hydroxylation is 1. The van der Waals surface area contributed by atoms with Gasteiger partial charge in [0.05, 0.1) is 12.7 Å². The molecule has 1 aliphatic rings. The van der Waals surface area contributed by atoms with Crippen LogP contribution in [0, 0.1) is 6.92 Å². The van der Waals surface area contributed by atoms with Crippen molar-refractivity contribution in [2.45, 2.75) is 39.0 Å². The van der Waals surface area contributed by atoms with Gasteiger partial charge in [0.15, 0.2) is 0 Å². The van der Waals surface area contributed by atoms with Crippen LogP contribution < -0.4 is 10.9 Å². The molecule has 2 N–H and O–H groups in total. The van der Waals surface area contributed by atoms with E-state index in [1.165, 1.54) is 6.07 Å². The molecule has 1 saturated heterocycles. The molecule has 8 nitrogen and oxygen atoms in total. The van der Waals surface area contributed by atoms with Gasteiger partial charge in [0.1, 0.15) is 17.0 Å². The highest BCUT2D eigenvalue weighted by Crippen LogP contribution is 2.28. The van der Waals surface area contributed by atoms with E-state index in [0.717, 1.165) is 12.0 Å². The van der Waals surface area contributed by atoms with Gasteiger partial charge in [0.2, 0.25) is 5.56 Å². The molecule has 0 unspecified atom stereocenters. The number of ether oxygens (including phenoxy) is 2. The molecule has 1 fully saturated rings. The Labute approximate surface area is 144 Å². The highest BCUT2D eigenvalue weighted by atomic mass is 16.5. The van der Waals surface area contributed by atoms with Crippen molar-refractivity contribution >= 4 is 5.97 Å². The van der Waals surface area contributed by atoms with Crippen LogP contribution in [0.3, 0.4) is 0 Å². The van der Waals surface area contributed by atoms with Crippen molar-refractivity contribution in [3.8, 4) is 0 Å². The quantitative estimate of drug-likeness (QED) is 0.762. The van der Waals surface area contributed by atoms with Gasteiger partial charge in [-0.1, -0.05) is 5.16 Å². The zero-order valence-corrected chi connectivity index (χ0v) is 14.2. The van der Waals surface area contributed by atoms with Gasteiger partial charge < -0.3 is 24.3 Å². The van der Waals surface area contributed by atoms with E-state index in [1.54, 1.807) is 26.1 Å². The molecule has 3 heterocycles. The third-order valence-electron chi connectivity index (χ3n) is 4.17. The largest absolute Gasteiger partial charge is 0.462 e. The Morgan fingerprint density at radius 2 is 2.32 bits per heavy atom. The fourth-order valence-corrected chi connectivity index (χ4v) is 2.96. The molecule has 2 atom stereocenters. The van der Waals surface area contributed by atoms with Crippen molar-refractivity contribution in [2.75, 3.05) is 13.2 Å². The summed E-state index contributed by atoms with van der Waals surface area (Å²) in [6.45, 7) is 4.71. The summed E-state index contributed by atoms with van der Waals surface area (Å²) in [4.78, 5) is 25.9. The molecule has 8 heteroatoms. The van der Waals surface area contributed by atoms with E-state index in [-0.39, 0.29) is 17.7 Å². The summed E-state index contributed by atoms with van der Waals surface area (Å²) < 4.78 is 16.0. The van der Waals surface area contributed by atoms with Crippen LogP contribution in [0.5, 0.6) is 0 Å².